The van der Waals surface area contributed by atoms with Crippen LogP contribution in [-0.4, -0.2) is 25.1 Å². The Morgan fingerprint density at radius 2 is 1.81 bits per heavy atom. The maximum atomic E-state index is 12.7. The number of hydrogen-bond acceptors (Lipinski definition) is 3. The van der Waals surface area contributed by atoms with Gasteiger partial charge in [-0.05, 0) is 30.5 Å². The molecule has 26 heavy (non-hydrogen) atoms. The van der Waals surface area contributed by atoms with Crippen LogP contribution in [0.5, 0.6) is 5.75 Å². The van der Waals surface area contributed by atoms with Gasteiger partial charge in [0.2, 0.25) is 5.91 Å². The smallest absolute Gasteiger partial charge is 0.229 e. The molecule has 0 fully saturated rings. The summed E-state index contributed by atoms with van der Waals surface area (Å²) in [6.07, 6.45) is 0.475. The van der Waals surface area contributed by atoms with Crippen LogP contribution in [-0.2, 0) is 4.79 Å². The first-order valence-corrected chi connectivity index (χ1v) is 8.99. The number of hydrogen-bond donors (Lipinski definition) is 1. The SMILES string of the molecule is C[C@H]1CC(=O)N(CCOc2cccc3ccccc23)c2ccccc2N1. The van der Waals surface area contributed by atoms with E-state index in [1.807, 2.05) is 60.4 Å². The zero-order chi connectivity index (χ0) is 17.9. The van der Waals surface area contributed by atoms with E-state index in [4.69, 9.17) is 4.74 Å². The summed E-state index contributed by atoms with van der Waals surface area (Å²) in [4.78, 5) is 14.5. The quantitative estimate of drug-likeness (QED) is 0.758. The molecule has 4 rings (SSSR count). The van der Waals surface area contributed by atoms with E-state index in [0.717, 1.165) is 27.9 Å². The number of para-hydroxylation sites is 2. The second-order valence-electron chi connectivity index (χ2n) is 6.64. The second-order valence-corrected chi connectivity index (χ2v) is 6.64. The maximum Gasteiger partial charge on any atom is 0.229 e. The Morgan fingerprint density at radius 1 is 1.04 bits per heavy atom. The summed E-state index contributed by atoms with van der Waals surface area (Å²) in [5.74, 6) is 0.974. The number of nitrogens with zero attached hydrogens (tertiary/aromatic N) is 1. The van der Waals surface area contributed by atoms with Gasteiger partial charge in [-0.15, -0.1) is 0 Å². The summed E-state index contributed by atoms with van der Waals surface area (Å²) in [7, 11) is 0. The maximum absolute atomic E-state index is 12.7. The standard InChI is InChI=1S/C22H22N2O2/c1-16-15-22(25)24(20-11-5-4-10-19(20)23-16)13-14-26-21-12-6-8-17-7-2-3-9-18(17)21/h2-12,16,23H,13-15H2,1H3/t16-/m0/s1. The summed E-state index contributed by atoms with van der Waals surface area (Å²) in [6, 6.07) is 22.3. The van der Waals surface area contributed by atoms with Gasteiger partial charge in [-0.25, -0.2) is 0 Å². The highest BCUT2D eigenvalue weighted by Crippen LogP contribution is 2.30. The lowest BCUT2D eigenvalue weighted by Crippen LogP contribution is -2.35. The molecule has 0 radical (unpaired) electrons. The highest BCUT2D eigenvalue weighted by molar-refractivity contribution is 5.98. The Kier molecular flexibility index (Phi) is 4.48. The fourth-order valence-electron chi connectivity index (χ4n) is 3.47. The van der Waals surface area contributed by atoms with Crippen molar-refractivity contribution < 1.29 is 9.53 Å². The molecule has 1 heterocycles. The summed E-state index contributed by atoms with van der Waals surface area (Å²) in [6.45, 7) is 3.00. The predicted octanol–water partition coefficient (Wildman–Crippen LogP) is 4.46. The molecule has 132 valence electrons. The number of nitrogens with one attached hydrogen (secondary N) is 1. The summed E-state index contributed by atoms with van der Waals surface area (Å²) < 4.78 is 6.04. The Bertz CT molecular complexity index is 933. The number of ether oxygens (including phenoxy) is 1. The van der Waals surface area contributed by atoms with Crippen molar-refractivity contribution in [2.45, 2.75) is 19.4 Å². The second kappa shape index (κ2) is 7.08. The molecule has 0 aliphatic carbocycles. The van der Waals surface area contributed by atoms with Crippen molar-refractivity contribution in [1.29, 1.82) is 0 Å². The first-order chi connectivity index (χ1) is 12.7. The third-order valence-corrected chi connectivity index (χ3v) is 4.70. The number of rotatable bonds is 4. The Balaban J connectivity index is 1.53. The van der Waals surface area contributed by atoms with Crippen molar-refractivity contribution in [2.24, 2.45) is 0 Å². The van der Waals surface area contributed by atoms with E-state index in [2.05, 4.69) is 23.5 Å². The number of carbonyl (C=O) groups is 1. The number of benzene rings is 3. The van der Waals surface area contributed by atoms with Gasteiger partial charge in [0.15, 0.2) is 0 Å². The predicted molar refractivity (Wildman–Crippen MR) is 106 cm³/mol. The number of carbonyl (C=O) groups excluding carboxylic acids is 1. The molecule has 1 atom stereocenters. The third-order valence-electron chi connectivity index (χ3n) is 4.70. The molecule has 1 amide bonds. The summed E-state index contributed by atoms with van der Waals surface area (Å²) in [5.41, 5.74) is 1.92. The molecule has 4 heteroatoms. The van der Waals surface area contributed by atoms with Crippen molar-refractivity contribution >= 4 is 28.1 Å². The van der Waals surface area contributed by atoms with Gasteiger partial charge in [-0.3, -0.25) is 4.79 Å². The molecular weight excluding hydrogens is 324 g/mol. The fourth-order valence-corrected chi connectivity index (χ4v) is 3.47. The van der Waals surface area contributed by atoms with Gasteiger partial charge in [0, 0.05) is 17.8 Å². The van der Waals surface area contributed by atoms with Crippen LogP contribution in [0.15, 0.2) is 66.7 Å². The van der Waals surface area contributed by atoms with Gasteiger partial charge in [0.05, 0.1) is 17.9 Å². The lowest BCUT2D eigenvalue weighted by molar-refractivity contribution is -0.118. The molecule has 3 aromatic rings. The van der Waals surface area contributed by atoms with Gasteiger partial charge >= 0.3 is 0 Å². The average molecular weight is 346 g/mol. The molecule has 0 unspecified atom stereocenters. The van der Waals surface area contributed by atoms with Gasteiger partial charge in [-0.2, -0.15) is 0 Å². The van der Waals surface area contributed by atoms with Crippen molar-refractivity contribution in [1.82, 2.24) is 0 Å². The fraction of sp³-hybridized carbons (Fsp3) is 0.227. The third kappa shape index (κ3) is 3.23. The number of fused-ring (bicyclic) bond motifs is 2. The van der Waals surface area contributed by atoms with E-state index in [9.17, 15) is 4.79 Å². The van der Waals surface area contributed by atoms with Crippen molar-refractivity contribution in [3.8, 4) is 5.75 Å². The first-order valence-electron chi connectivity index (χ1n) is 8.99. The molecule has 0 bridgehead atoms. The Hall–Kier alpha value is -3.01. The zero-order valence-corrected chi connectivity index (χ0v) is 14.8. The molecule has 0 saturated carbocycles. The van der Waals surface area contributed by atoms with Crippen LogP contribution in [0.25, 0.3) is 10.8 Å². The first kappa shape index (κ1) is 16.5. The Labute approximate surface area is 153 Å². The normalized spacial score (nSPS) is 16.7. The van der Waals surface area contributed by atoms with E-state index in [1.165, 1.54) is 0 Å². The van der Waals surface area contributed by atoms with Crippen LogP contribution in [0.2, 0.25) is 0 Å². The highest BCUT2D eigenvalue weighted by atomic mass is 16.5. The van der Waals surface area contributed by atoms with Crippen LogP contribution >= 0.6 is 0 Å². The van der Waals surface area contributed by atoms with E-state index in [1.54, 1.807) is 0 Å². The van der Waals surface area contributed by atoms with E-state index >= 15 is 0 Å². The minimum Gasteiger partial charge on any atom is -0.491 e. The van der Waals surface area contributed by atoms with Crippen LogP contribution in [0.1, 0.15) is 13.3 Å². The molecule has 0 aromatic heterocycles. The number of anilines is 2. The van der Waals surface area contributed by atoms with Gasteiger partial charge in [-0.1, -0.05) is 48.5 Å². The van der Waals surface area contributed by atoms with E-state index < -0.39 is 0 Å². The molecule has 0 saturated heterocycles. The summed E-state index contributed by atoms with van der Waals surface area (Å²) >= 11 is 0. The van der Waals surface area contributed by atoms with E-state index in [0.29, 0.717) is 19.6 Å². The van der Waals surface area contributed by atoms with Crippen molar-refractivity contribution in [3.05, 3.63) is 66.7 Å². The van der Waals surface area contributed by atoms with Gasteiger partial charge < -0.3 is 15.0 Å². The lowest BCUT2D eigenvalue weighted by atomic mass is 10.1. The van der Waals surface area contributed by atoms with E-state index in [-0.39, 0.29) is 11.9 Å². The Morgan fingerprint density at radius 3 is 2.73 bits per heavy atom. The van der Waals surface area contributed by atoms with Gasteiger partial charge in [0.1, 0.15) is 12.4 Å². The molecule has 3 aromatic carbocycles. The molecule has 1 aliphatic heterocycles. The molecular formula is C22H22N2O2. The molecule has 1 N–H and O–H groups in total. The molecule has 0 spiro atoms. The van der Waals surface area contributed by atoms with Crippen LogP contribution in [0.4, 0.5) is 11.4 Å². The average Bonchev–Trinajstić information content (AvgIpc) is 2.77. The number of amides is 1. The van der Waals surface area contributed by atoms with Crippen LogP contribution in [0, 0.1) is 0 Å². The monoisotopic (exact) mass is 346 g/mol. The van der Waals surface area contributed by atoms with Gasteiger partial charge in [0.25, 0.3) is 0 Å². The van der Waals surface area contributed by atoms with Crippen LogP contribution in [0.3, 0.4) is 0 Å². The minimum absolute atomic E-state index is 0.118. The largest absolute Gasteiger partial charge is 0.491 e. The minimum atomic E-state index is 0.118. The summed E-state index contributed by atoms with van der Waals surface area (Å²) in [5, 5.41) is 5.65. The highest BCUT2D eigenvalue weighted by Gasteiger charge is 2.24. The molecule has 4 nitrogen and oxygen atoms in total. The lowest BCUT2D eigenvalue weighted by Gasteiger charge is -2.22. The zero-order valence-electron chi connectivity index (χ0n) is 14.8. The topological polar surface area (TPSA) is 41.6 Å². The molecule has 1 aliphatic rings. The van der Waals surface area contributed by atoms with Crippen molar-refractivity contribution in [3.63, 3.8) is 0 Å². The van der Waals surface area contributed by atoms with Crippen LogP contribution < -0.4 is 15.0 Å². The van der Waals surface area contributed by atoms with Crippen molar-refractivity contribution in [2.75, 3.05) is 23.4 Å².